The monoisotopic (exact) mass is 339 g/mol. The number of hydrogen-bond acceptors (Lipinski definition) is 5. The molecule has 24 heavy (non-hydrogen) atoms. The van der Waals surface area contributed by atoms with Gasteiger partial charge in [-0.05, 0) is 53.6 Å². The van der Waals surface area contributed by atoms with Crippen molar-refractivity contribution in [2.45, 2.75) is 31.7 Å². The Morgan fingerprint density at radius 3 is 2.79 bits per heavy atom. The maximum atomic E-state index is 12.2. The van der Waals surface area contributed by atoms with E-state index in [2.05, 4.69) is 39.9 Å². The van der Waals surface area contributed by atoms with Gasteiger partial charge in [-0.3, -0.25) is 4.79 Å². The fourth-order valence-corrected chi connectivity index (χ4v) is 3.87. The minimum Gasteiger partial charge on any atom is -0.352 e. The van der Waals surface area contributed by atoms with E-state index in [-0.39, 0.29) is 11.9 Å². The lowest BCUT2D eigenvalue weighted by molar-refractivity contribution is -0.120. The first kappa shape index (κ1) is 15.0. The second kappa shape index (κ2) is 6.16. The highest BCUT2D eigenvalue weighted by atomic mass is 32.1. The van der Waals surface area contributed by atoms with E-state index in [4.69, 9.17) is 0 Å². The second-order valence-corrected chi connectivity index (χ2v) is 7.38. The van der Waals surface area contributed by atoms with Crippen LogP contribution in [0.5, 0.6) is 0 Å². The van der Waals surface area contributed by atoms with Crippen molar-refractivity contribution >= 4 is 17.2 Å². The van der Waals surface area contributed by atoms with Gasteiger partial charge in [-0.15, -0.1) is 16.4 Å². The molecule has 2 atom stereocenters. The Kier molecular flexibility index (Phi) is 3.86. The SMILES string of the molecule is Cc1ccc([C@@H]2C[C@H]2NC(=O)Cc2ccc(-n3cnnn3)cc2)s1. The van der Waals surface area contributed by atoms with Crippen LogP contribution in [0.4, 0.5) is 0 Å². The first-order valence-corrected chi connectivity index (χ1v) is 8.69. The van der Waals surface area contributed by atoms with E-state index in [1.165, 1.54) is 9.75 Å². The lowest BCUT2D eigenvalue weighted by atomic mass is 10.1. The van der Waals surface area contributed by atoms with Crippen molar-refractivity contribution in [2.24, 2.45) is 0 Å². The topological polar surface area (TPSA) is 72.7 Å². The van der Waals surface area contributed by atoms with Crippen molar-refractivity contribution < 1.29 is 4.79 Å². The van der Waals surface area contributed by atoms with Crippen LogP contribution in [0.3, 0.4) is 0 Å². The van der Waals surface area contributed by atoms with Crippen LogP contribution >= 0.6 is 11.3 Å². The Hall–Kier alpha value is -2.54. The summed E-state index contributed by atoms with van der Waals surface area (Å²) < 4.78 is 1.58. The first-order valence-electron chi connectivity index (χ1n) is 7.87. The van der Waals surface area contributed by atoms with Crippen molar-refractivity contribution in [2.75, 3.05) is 0 Å². The number of aromatic nitrogens is 4. The molecule has 0 aliphatic heterocycles. The molecule has 1 N–H and O–H groups in total. The minimum absolute atomic E-state index is 0.0750. The largest absolute Gasteiger partial charge is 0.352 e. The molecule has 2 heterocycles. The van der Waals surface area contributed by atoms with Crippen LogP contribution in [0.2, 0.25) is 0 Å². The molecule has 0 unspecified atom stereocenters. The van der Waals surface area contributed by atoms with Crippen molar-refractivity contribution in [3.05, 3.63) is 58.0 Å². The fraction of sp³-hybridized carbons (Fsp3) is 0.294. The van der Waals surface area contributed by atoms with Gasteiger partial charge in [0, 0.05) is 21.7 Å². The number of tetrazole rings is 1. The van der Waals surface area contributed by atoms with Crippen molar-refractivity contribution in [3.8, 4) is 5.69 Å². The zero-order chi connectivity index (χ0) is 16.5. The van der Waals surface area contributed by atoms with Gasteiger partial charge in [0.15, 0.2) is 0 Å². The van der Waals surface area contributed by atoms with Gasteiger partial charge in [-0.2, -0.15) is 0 Å². The van der Waals surface area contributed by atoms with Gasteiger partial charge < -0.3 is 5.32 Å². The van der Waals surface area contributed by atoms with Crippen LogP contribution in [-0.2, 0) is 11.2 Å². The lowest BCUT2D eigenvalue weighted by Gasteiger charge is -2.05. The predicted octanol–water partition coefficient (Wildman–Crippen LogP) is 2.25. The van der Waals surface area contributed by atoms with Gasteiger partial charge in [0.05, 0.1) is 12.1 Å². The van der Waals surface area contributed by atoms with Gasteiger partial charge in [-0.25, -0.2) is 4.68 Å². The Morgan fingerprint density at radius 2 is 2.12 bits per heavy atom. The second-order valence-electron chi connectivity index (χ2n) is 6.06. The highest BCUT2D eigenvalue weighted by Gasteiger charge is 2.40. The standard InChI is InChI=1S/C17H17N5OS/c1-11-2-7-16(24-11)14-9-15(14)19-17(23)8-12-3-5-13(6-4-12)22-10-18-20-21-22/h2-7,10,14-15H,8-9H2,1H3,(H,19,23)/t14-,15-/m1/s1. The third-order valence-electron chi connectivity index (χ3n) is 4.18. The van der Waals surface area contributed by atoms with Gasteiger partial charge in [0.25, 0.3) is 0 Å². The first-order chi connectivity index (χ1) is 11.7. The third-order valence-corrected chi connectivity index (χ3v) is 5.31. The van der Waals surface area contributed by atoms with Crippen LogP contribution in [0.25, 0.3) is 5.69 Å². The van der Waals surface area contributed by atoms with E-state index >= 15 is 0 Å². The third kappa shape index (κ3) is 3.21. The number of benzene rings is 1. The molecule has 0 spiro atoms. The zero-order valence-corrected chi connectivity index (χ0v) is 14.0. The summed E-state index contributed by atoms with van der Waals surface area (Å²) in [5.41, 5.74) is 1.85. The summed E-state index contributed by atoms with van der Waals surface area (Å²) in [6, 6.07) is 12.3. The molecule has 2 aromatic heterocycles. The molecule has 4 rings (SSSR count). The summed E-state index contributed by atoms with van der Waals surface area (Å²) in [4.78, 5) is 14.9. The number of carbonyl (C=O) groups excluding carboxylic acids is 1. The Bertz CT molecular complexity index is 840. The number of thiophene rings is 1. The zero-order valence-electron chi connectivity index (χ0n) is 13.2. The number of hydrogen-bond donors (Lipinski definition) is 1. The number of rotatable bonds is 5. The van der Waals surface area contributed by atoms with Gasteiger partial charge >= 0.3 is 0 Å². The van der Waals surface area contributed by atoms with Crippen LogP contribution < -0.4 is 5.32 Å². The molecule has 122 valence electrons. The number of aryl methyl sites for hydroxylation is 1. The summed E-state index contributed by atoms with van der Waals surface area (Å²) in [5, 5.41) is 14.2. The minimum atomic E-state index is 0.0750. The molecule has 1 saturated carbocycles. The lowest BCUT2D eigenvalue weighted by Crippen LogP contribution is -2.28. The van der Waals surface area contributed by atoms with E-state index < -0.39 is 0 Å². The molecule has 1 aliphatic rings. The molecule has 3 aromatic rings. The number of carbonyl (C=O) groups is 1. The average molecular weight is 339 g/mol. The summed E-state index contributed by atoms with van der Waals surface area (Å²) in [5.74, 6) is 0.570. The molecular formula is C17H17N5OS. The normalized spacial score (nSPS) is 19.2. The van der Waals surface area contributed by atoms with Crippen LogP contribution in [0.1, 0.15) is 27.7 Å². The quantitative estimate of drug-likeness (QED) is 0.774. The predicted molar refractivity (Wildman–Crippen MR) is 91.2 cm³/mol. The molecule has 1 aliphatic carbocycles. The summed E-state index contributed by atoms with van der Waals surface area (Å²) >= 11 is 1.82. The van der Waals surface area contributed by atoms with Crippen molar-refractivity contribution in [1.29, 1.82) is 0 Å². The molecular weight excluding hydrogens is 322 g/mol. The smallest absolute Gasteiger partial charge is 0.224 e. The van der Waals surface area contributed by atoms with E-state index in [0.717, 1.165) is 17.7 Å². The molecule has 1 fully saturated rings. The molecule has 1 aromatic carbocycles. The average Bonchev–Trinajstić information content (AvgIpc) is 2.99. The van der Waals surface area contributed by atoms with Gasteiger partial charge in [0.2, 0.25) is 5.91 Å². The molecule has 0 bridgehead atoms. The van der Waals surface area contributed by atoms with E-state index in [9.17, 15) is 4.79 Å². The maximum Gasteiger partial charge on any atom is 0.224 e. The Labute approximate surface area is 143 Å². The maximum absolute atomic E-state index is 12.2. The summed E-state index contributed by atoms with van der Waals surface area (Å²) in [6.45, 7) is 2.11. The molecule has 1 amide bonds. The Morgan fingerprint density at radius 1 is 1.29 bits per heavy atom. The van der Waals surface area contributed by atoms with Crippen LogP contribution in [-0.4, -0.2) is 32.2 Å². The van der Waals surface area contributed by atoms with Gasteiger partial charge in [0.1, 0.15) is 6.33 Å². The number of nitrogens with one attached hydrogen (secondary N) is 1. The highest BCUT2D eigenvalue weighted by Crippen LogP contribution is 2.43. The van der Waals surface area contributed by atoms with Gasteiger partial charge in [-0.1, -0.05) is 12.1 Å². The fourth-order valence-electron chi connectivity index (χ4n) is 2.81. The van der Waals surface area contributed by atoms with E-state index in [1.807, 2.05) is 35.6 Å². The summed E-state index contributed by atoms with van der Waals surface area (Å²) in [6.07, 6.45) is 2.98. The summed E-state index contributed by atoms with van der Waals surface area (Å²) in [7, 11) is 0. The van der Waals surface area contributed by atoms with E-state index in [0.29, 0.717) is 12.3 Å². The molecule has 6 nitrogen and oxygen atoms in total. The van der Waals surface area contributed by atoms with Crippen molar-refractivity contribution in [3.63, 3.8) is 0 Å². The highest BCUT2D eigenvalue weighted by molar-refractivity contribution is 7.12. The molecule has 0 radical (unpaired) electrons. The Balaban J connectivity index is 1.32. The number of amides is 1. The van der Waals surface area contributed by atoms with E-state index in [1.54, 1.807) is 11.0 Å². The molecule has 7 heteroatoms. The van der Waals surface area contributed by atoms with Crippen LogP contribution in [0.15, 0.2) is 42.7 Å². The number of nitrogens with zero attached hydrogens (tertiary/aromatic N) is 4. The van der Waals surface area contributed by atoms with Crippen molar-refractivity contribution in [1.82, 2.24) is 25.5 Å². The van der Waals surface area contributed by atoms with Crippen LogP contribution in [0, 0.1) is 6.92 Å². The molecule has 0 saturated heterocycles.